The Morgan fingerprint density at radius 3 is 2.33 bits per heavy atom. The van der Waals surface area contributed by atoms with Crippen molar-refractivity contribution in [3.63, 3.8) is 0 Å². The lowest BCUT2D eigenvalue weighted by molar-refractivity contribution is 0.272. The van der Waals surface area contributed by atoms with Crippen molar-refractivity contribution in [2.24, 2.45) is 0 Å². The van der Waals surface area contributed by atoms with Crippen molar-refractivity contribution in [2.75, 3.05) is 13.7 Å². The Morgan fingerprint density at radius 1 is 1.00 bits per heavy atom. The van der Waals surface area contributed by atoms with Crippen molar-refractivity contribution < 1.29 is 4.74 Å². The first-order valence-electron chi connectivity index (χ1n) is 7.46. The number of nitrogens with one attached hydrogen (secondary N) is 1. The molecule has 21 heavy (non-hydrogen) atoms. The standard InChI is InChI=1S/C19H25NO/c1-19(2,3)16-11-8-12-17(13-16)21-14-18(20-4)15-9-6-5-7-10-15/h5-13,18,20H,14H2,1-4H3. The van der Waals surface area contributed by atoms with Crippen LogP contribution in [-0.2, 0) is 5.41 Å². The third-order valence-electron chi connectivity index (χ3n) is 3.67. The molecule has 2 rings (SSSR count). The van der Waals surface area contributed by atoms with Crippen molar-refractivity contribution in [3.8, 4) is 5.75 Å². The van der Waals surface area contributed by atoms with Crippen LogP contribution in [0.5, 0.6) is 5.75 Å². The minimum absolute atomic E-state index is 0.140. The van der Waals surface area contributed by atoms with Crippen LogP contribution < -0.4 is 10.1 Å². The van der Waals surface area contributed by atoms with Crippen LogP contribution in [0.25, 0.3) is 0 Å². The van der Waals surface area contributed by atoms with Gasteiger partial charge >= 0.3 is 0 Å². The second-order valence-corrected chi connectivity index (χ2v) is 6.34. The molecule has 0 saturated heterocycles. The molecule has 2 nitrogen and oxygen atoms in total. The van der Waals surface area contributed by atoms with E-state index >= 15 is 0 Å². The maximum absolute atomic E-state index is 5.99. The van der Waals surface area contributed by atoms with E-state index in [4.69, 9.17) is 4.74 Å². The number of likely N-dealkylation sites (N-methyl/N-ethyl adjacent to an activating group) is 1. The van der Waals surface area contributed by atoms with Crippen LogP contribution in [-0.4, -0.2) is 13.7 Å². The zero-order valence-corrected chi connectivity index (χ0v) is 13.4. The molecule has 0 aliphatic rings. The van der Waals surface area contributed by atoms with Crippen LogP contribution in [0.3, 0.4) is 0 Å². The Bertz CT molecular complexity index is 557. The summed E-state index contributed by atoms with van der Waals surface area (Å²) in [6, 6.07) is 19.0. The normalized spacial score (nSPS) is 13.0. The monoisotopic (exact) mass is 283 g/mol. The summed E-state index contributed by atoms with van der Waals surface area (Å²) in [7, 11) is 1.96. The number of hydrogen-bond acceptors (Lipinski definition) is 2. The predicted molar refractivity (Wildman–Crippen MR) is 88.9 cm³/mol. The van der Waals surface area contributed by atoms with Crippen LogP contribution in [0.2, 0.25) is 0 Å². The molecule has 2 aromatic rings. The zero-order chi connectivity index (χ0) is 15.3. The highest BCUT2D eigenvalue weighted by Gasteiger charge is 2.15. The molecule has 0 heterocycles. The number of rotatable bonds is 5. The lowest BCUT2D eigenvalue weighted by atomic mass is 9.87. The minimum Gasteiger partial charge on any atom is -0.492 e. The van der Waals surface area contributed by atoms with Crippen LogP contribution in [0.4, 0.5) is 0 Å². The summed E-state index contributed by atoms with van der Waals surface area (Å²) < 4.78 is 5.99. The smallest absolute Gasteiger partial charge is 0.119 e. The van der Waals surface area contributed by atoms with Crippen LogP contribution >= 0.6 is 0 Å². The van der Waals surface area contributed by atoms with Gasteiger partial charge in [0, 0.05) is 0 Å². The van der Waals surface area contributed by atoms with E-state index in [1.807, 2.05) is 19.2 Å². The third-order valence-corrected chi connectivity index (χ3v) is 3.67. The summed E-state index contributed by atoms with van der Waals surface area (Å²) >= 11 is 0. The Labute approximate surface area is 128 Å². The van der Waals surface area contributed by atoms with Gasteiger partial charge in [0.1, 0.15) is 12.4 Å². The number of hydrogen-bond donors (Lipinski definition) is 1. The average Bonchev–Trinajstić information content (AvgIpc) is 2.48. The number of ether oxygens (including phenoxy) is 1. The Kier molecular flexibility index (Phi) is 5.03. The molecule has 2 heteroatoms. The minimum atomic E-state index is 0.140. The lowest BCUT2D eigenvalue weighted by Gasteiger charge is -2.21. The third kappa shape index (κ3) is 4.33. The molecule has 0 aliphatic carbocycles. The van der Waals surface area contributed by atoms with E-state index in [-0.39, 0.29) is 11.5 Å². The van der Waals surface area contributed by atoms with E-state index in [9.17, 15) is 0 Å². The van der Waals surface area contributed by atoms with Crippen molar-refractivity contribution >= 4 is 0 Å². The molecule has 112 valence electrons. The summed E-state index contributed by atoms with van der Waals surface area (Å²) in [5.41, 5.74) is 2.67. The molecular weight excluding hydrogens is 258 g/mol. The van der Waals surface area contributed by atoms with Gasteiger partial charge in [-0.25, -0.2) is 0 Å². The topological polar surface area (TPSA) is 21.3 Å². The fourth-order valence-corrected chi connectivity index (χ4v) is 2.26. The Hall–Kier alpha value is -1.80. The summed E-state index contributed by atoms with van der Waals surface area (Å²) in [6.07, 6.45) is 0. The molecule has 0 aliphatic heterocycles. The van der Waals surface area contributed by atoms with Crippen LogP contribution in [0.15, 0.2) is 54.6 Å². The molecule has 0 spiro atoms. The fourth-order valence-electron chi connectivity index (χ4n) is 2.26. The average molecular weight is 283 g/mol. The molecule has 1 atom stereocenters. The molecule has 0 bridgehead atoms. The van der Waals surface area contributed by atoms with Crippen LogP contribution in [0.1, 0.15) is 37.9 Å². The van der Waals surface area contributed by atoms with Crippen molar-refractivity contribution in [3.05, 3.63) is 65.7 Å². The van der Waals surface area contributed by atoms with E-state index in [0.29, 0.717) is 6.61 Å². The summed E-state index contributed by atoms with van der Waals surface area (Å²) in [5.74, 6) is 0.929. The molecular formula is C19H25NO. The van der Waals surface area contributed by atoms with Crippen molar-refractivity contribution in [1.29, 1.82) is 0 Å². The maximum atomic E-state index is 5.99. The molecule has 0 aromatic heterocycles. The Morgan fingerprint density at radius 2 is 1.71 bits per heavy atom. The molecule has 2 aromatic carbocycles. The number of benzene rings is 2. The highest BCUT2D eigenvalue weighted by molar-refractivity contribution is 5.32. The molecule has 1 N–H and O–H groups in total. The van der Waals surface area contributed by atoms with Gasteiger partial charge in [-0.05, 0) is 35.7 Å². The molecule has 0 saturated carbocycles. The van der Waals surface area contributed by atoms with Gasteiger partial charge in [-0.15, -0.1) is 0 Å². The van der Waals surface area contributed by atoms with E-state index in [0.717, 1.165) is 5.75 Å². The fraction of sp³-hybridized carbons (Fsp3) is 0.368. The van der Waals surface area contributed by atoms with E-state index in [2.05, 4.69) is 68.6 Å². The SMILES string of the molecule is CNC(COc1cccc(C(C)(C)C)c1)c1ccccc1. The zero-order valence-electron chi connectivity index (χ0n) is 13.4. The van der Waals surface area contributed by atoms with Crippen molar-refractivity contribution in [2.45, 2.75) is 32.2 Å². The molecule has 1 unspecified atom stereocenters. The van der Waals surface area contributed by atoms with E-state index in [1.54, 1.807) is 0 Å². The molecule has 0 fully saturated rings. The first-order chi connectivity index (χ1) is 10.0. The van der Waals surface area contributed by atoms with Gasteiger partial charge in [-0.2, -0.15) is 0 Å². The predicted octanol–water partition coefficient (Wildman–Crippen LogP) is 4.32. The highest BCUT2D eigenvalue weighted by atomic mass is 16.5. The first kappa shape index (κ1) is 15.6. The quantitative estimate of drug-likeness (QED) is 0.882. The second kappa shape index (κ2) is 6.77. The van der Waals surface area contributed by atoms with Gasteiger partial charge in [0.2, 0.25) is 0 Å². The summed E-state index contributed by atoms with van der Waals surface area (Å²) in [4.78, 5) is 0. The van der Waals surface area contributed by atoms with Gasteiger partial charge in [0.15, 0.2) is 0 Å². The van der Waals surface area contributed by atoms with Gasteiger partial charge in [-0.1, -0.05) is 63.2 Å². The van der Waals surface area contributed by atoms with Gasteiger partial charge in [-0.3, -0.25) is 0 Å². The highest BCUT2D eigenvalue weighted by Crippen LogP contribution is 2.26. The summed E-state index contributed by atoms with van der Waals surface area (Å²) in [5, 5.41) is 3.31. The molecule has 0 radical (unpaired) electrons. The lowest BCUT2D eigenvalue weighted by Crippen LogP contribution is -2.23. The van der Waals surface area contributed by atoms with E-state index in [1.165, 1.54) is 11.1 Å². The molecule has 0 amide bonds. The van der Waals surface area contributed by atoms with Gasteiger partial charge < -0.3 is 10.1 Å². The Balaban J connectivity index is 2.05. The van der Waals surface area contributed by atoms with E-state index < -0.39 is 0 Å². The summed E-state index contributed by atoms with van der Waals surface area (Å²) in [6.45, 7) is 7.26. The largest absolute Gasteiger partial charge is 0.492 e. The van der Waals surface area contributed by atoms with Gasteiger partial charge in [0.05, 0.1) is 6.04 Å². The van der Waals surface area contributed by atoms with Crippen molar-refractivity contribution in [1.82, 2.24) is 5.32 Å². The maximum Gasteiger partial charge on any atom is 0.119 e. The second-order valence-electron chi connectivity index (χ2n) is 6.34. The first-order valence-corrected chi connectivity index (χ1v) is 7.46. The van der Waals surface area contributed by atoms with Gasteiger partial charge in [0.25, 0.3) is 0 Å². The van der Waals surface area contributed by atoms with Crippen LogP contribution in [0, 0.1) is 0 Å².